The molecule has 3 unspecified atom stereocenters. The van der Waals surface area contributed by atoms with Crippen LogP contribution in [0.2, 0.25) is 0 Å². The van der Waals surface area contributed by atoms with Gasteiger partial charge < -0.3 is 24.6 Å². The quantitative estimate of drug-likeness (QED) is 0.597. The number of nitrogens with one attached hydrogen (secondary N) is 1. The molecule has 0 aliphatic carbocycles. The fourth-order valence-electron chi connectivity index (χ4n) is 3.55. The number of carbonyl (C=O) groups excluding carboxylic acids is 1. The van der Waals surface area contributed by atoms with Gasteiger partial charge in [0.15, 0.2) is 5.96 Å². The molecule has 0 aromatic heterocycles. The first-order chi connectivity index (χ1) is 13.9. The molecule has 2 saturated heterocycles. The van der Waals surface area contributed by atoms with Gasteiger partial charge in [0.25, 0.3) is 0 Å². The summed E-state index contributed by atoms with van der Waals surface area (Å²) in [5.74, 6) is 0.355. The summed E-state index contributed by atoms with van der Waals surface area (Å²) >= 11 is 0. The highest BCUT2D eigenvalue weighted by Crippen LogP contribution is 2.25. The molecular weight excluding hydrogens is 375 g/mol. The number of hydrogen-bond donors (Lipinski definition) is 1. The molecular formula is C21H31FN4O3. The lowest BCUT2D eigenvalue weighted by Crippen LogP contribution is -2.52. The summed E-state index contributed by atoms with van der Waals surface area (Å²) in [7, 11) is 3.44. The first-order valence-electron chi connectivity index (χ1n) is 10.2. The van der Waals surface area contributed by atoms with Crippen molar-refractivity contribution in [3.05, 3.63) is 35.6 Å². The predicted octanol–water partition coefficient (Wildman–Crippen LogP) is 1.80. The van der Waals surface area contributed by atoms with Crippen LogP contribution in [0, 0.1) is 5.82 Å². The van der Waals surface area contributed by atoms with Gasteiger partial charge in [0.2, 0.25) is 5.91 Å². The Labute approximate surface area is 171 Å². The molecule has 1 N–H and O–H groups in total. The Balaban J connectivity index is 1.73. The molecule has 8 heteroatoms. The molecule has 3 atom stereocenters. The number of rotatable bonds is 5. The smallest absolute Gasteiger partial charge is 0.243 e. The van der Waals surface area contributed by atoms with E-state index in [1.54, 1.807) is 26.2 Å². The Bertz CT molecular complexity index is 704. The number of carbonyl (C=O) groups is 1. The average Bonchev–Trinajstić information content (AvgIpc) is 3.21. The number of benzene rings is 1. The van der Waals surface area contributed by atoms with Crippen molar-refractivity contribution in [1.29, 1.82) is 0 Å². The summed E-state index contributed by atoms with van der Waals surface area (Å²) in [4.78, 5) is 20.3. The molecule has 1 aromatic carbocycles. The van der Waals surface area contributed by atoms with Crippen LogP contribution >= 0.6 is 0 Å². The topological polar surface area (TPSA) is 66.4 Å². The normalized spacial score (nSPS) is 25.2. The standard InChI is InChI=1S/C21H31FN4O3/c1-15-13-26(14-19(29-15)16-6-8-17(22)9-7-16)21(24-12-20(27)25(2)3)23-11-18-5-4-10-28-18/h6-9,15,18-19H,4-5,10-14H2,1-3H3,(H,23,24). The number of halogens is 1. The van der Waals surface area contributed by atoms with Gasteiger partial charge in [-0.15, -0.1) is 0 Å². The second-order valence-corrected chi connectivity index (χ2v) is 7.84. The summed E-state index contributed by atoms with van der Waals surface area (Å²) in [5.41, 5.74) is 0.922. The highest BCUT2D eigenvalue weighted by atomic mass is 19.1. The summed E-state index contributed by atoms with van der Waals surface area (Å²) in [5, 5.41) is 3.39. The number of aliphatic imine (C=N–C) groups is 1. The van der Waals surface area contributed by atoms with Gasteiger partial charge in [-0.1, -0.05) is 12.1 Å². The van der Waals surface area contributed by atoms with E-state index in [4.69, 9.17) is 9.47 Å². The summed E-state index contributed by atoms with van der Waals surface area (Å²) < 4.78 is 25.1. The van der Waals surface area contributed by atoms with Gasteiger partial charge >= 0.3 is 0 Å². The maximum Gasteiger partial charge on any atom is 0.243 e. The van der Waals surface area contributed by atoms with Crippen molar-refractivity contribution in [1.82, 2.24) is 15.1 Å². The Morgan fingerprint density at radius 3 is 2.72 bits per heavy atom. The van der Waals surface area contributed by atoms with Gasteiger partial charge in [0.05, 0.1) is 18.8 Å². The van der Waals surface area contributed by atoms with Gasteiger partial charge in [-0.3, -0.25) is 4.79 Å². The Kier molecular flexibility index (Phi) is 7.44. The maximum absolute atomic E-state index is 13.3. The van der Waals surface area contributed by atoms with E-state index in [0.29, 0.717) is 25.6 Å². The van der Waals surface area contributed by atoms with Crippen LogP contribution in [-0.4, -0.2) is 80.8 Å². The van der Waals surface area contributed by atoms with Gasteiger partial charge in [-0.2, -0.15) is 0 Å². The van der Waals surface area contributed by atoms with Crippen LogP contribution in [0.1, 0.15) is 31.4 Å². The summed E-state index contributed by atoms with van der Waals surface area (Å²) in [6.45, 7) is 4.76. The third kappa shape index (κ3) is 6.14. The largest absolute Gasteiger partial charge is 0.376 e. The van der Waals surface area contributed by atoms with Crippen LogP contribution in [0.5, 0.6) is 0 Å². The van der Waals surface area contributed by atoms with Crippen molar-refractivity contribution < 1.29 is 18.7 Å². The number of hydrogen-bond acceptors (Lipinski definition) is 4. The van der Waals surface area contributed by atoms with E-state index < -0.39 is 0 Å². The zero-order valence-electron chi connectivity index (χ0n) is 17.4. The third-order valence-corrected chi connectivity index (χ3v) is 5.18. The lowest BCUT2D eigenvalue weighted by atomic mass is 10.1. The highest BCUT2D eigenvalue weighted by molar-refractivity contribution is 5.85. The maximum atomic E-state index is 13.3. The second-order valence-electron chi connectivity index (χ2n) is 7.84. The number of ether oxygens (including phenoxy) is 2. The first-order valence-corrected chi connectivity index (χ1v) is 10.2. The minimum absolute atomic E-state index is 0.0296. The molecule has 1 aromatic rings. The molecule has 3 rings (SSSR count). The Hall–Kier alpha value is -2.19. The second kappa shape index (κ2) is 10.0. The molecule has 0 bridgehead atoms. The average molecular weight is 407 g/mol. The molecule has 160 valence electrons. The van der Waals surface area contributed by atoms with Gasteiger partial charge in [0.1, 0.15) is 18.5 Å². The van der Waals surface area contributed by atoms with Crippen LogP contribution in [0.15, 0.2) is 29.3 Å². The van der Waals surface area contributed by atoms with Crippen molar-refractivity contribution in [3.8, 4) is 0 Å². The number of nitrogens with zero attached hydrogens (tertiary/aromatic N) is 3. The molecule has 1 amide bonds. The van der Waals surface area contributed by atoms with Crippen molar-refractivity contribution in [2.45, 2.75) is 38.1 Å². The van der Waals surface area contributed by atoms with E-state index in [-0.39, 0.29) is 36.6 Å². The summed E-state index contributed by atoms with van der Waals surface area (Å²) in [6, 6.07) is 6.40. The van der Waals surface area contributed by atoms with E-state index >= 15 is 0 Å². The SMILES string of the molecule is CC1CN(C(=NCC(=O)N(C)C)NCC2CCCO2)CC(c2ccc(F)cc2)O1. The number of likely N-dealkylation sites (N-methyl/N-ethyl adjacent to an activating group) is 1. The van der Waals surface area contributed by atoms with Gasteiger partial charge in [0, 0.05) is 33.8 Å². The number of guanidine groups is 1. The Morgan fingerprint density at radius 2 is 2.07 bits per heavy atom. The van der Waals surface area contributed by atoms with Crippen LogP contribution in [-0.2, 0) is 14.3 Å². The van der Waals surface area contributed by atoms with E-state index in [9.17, 15) is 9.18 Å². The fourth-order valence-corrected chi connectivity index (χ4v) is 3.55. The van der Waals surface area contributed by atoms with Crippen LogP contribution in [0.25, 0.3) is 0 Å². The monoisotopic (exact) mass is 406 g/mol. The number of morpholine rings is 1. The van der Waals surface area contributed by atoms with Crippen molar-refractivity contribution in [3.63, 3.8) is 0 Å². The third-order valence-electron chi connectivity index (χ3n) is 5.18. The van der Waals surface area contributed by atoms with E-state index in [1.807, 2.05) is 6.92 Å². The van der Waals surface area contributed by atoms with Crippen LogP contribution in [0.4, 0.5) is 4.39 Å². The first kappa shape index (κ1) is 21.5. The predicted molar refractivity (Wildman–Crippen MR) is 109 cm³/mol. The van der Waals surface area contributed by atoms with Crippen molar-refractivity contribution >= 4 is 11.9 Å². The highest BCUT2D eigenvalue weighted by Gasteiger charge is 2.29. The van der Waals surface area contributed by atoms with E-state index in [1.165, 1.54) is 17.0 Å². The summed E-state index contributed by atoms with van der Waals surface area (Å²) in [6.07, 6.45) is 2.03. The fraction of sp³-hybridized carbons (Fsp3) is 0.619. The zero-order chi connectivity index (χ0) is 20.8. The van der Waals surface area contributed by atoms with Crippen molar-refractivity contribution in [2.75, 3.05) is 46.9 Å². The molecule has 2 aliphatic rings. The van der Waals surface area contributed by atoms with Gasteiger partial charge in [-0.25, -0.2) is 9.38 Å². The minimum Gasteiger partial charge on any atom is -0.376 e. The molecule has 2 fully saturated rings. The van der Waals surface area contributed by atoms with E-state index in [2.05, 4.69) is 15.2 Å². The minimum atomic E-state index is -0.267. The van der Waals surface area contributed by atoms with Gasteiger partial charge in [-0.05, 0) is 37.5 Å². The molecule has 0 spiro atoms. The molecule has 7 nitrogen and oxygen atoms in total. The van der Waals surface area contributed by atoms with Crippen LogP contribution in [0.3, 0.4) is 0 Å². The molecule has 2 heterocycles. The molecule has 0 saturated carbocycles. The lowest BCUT2D eigenvalue weighted by molar-refractivity contribution is -0.127. The zero-order valence-corrected chi connectivity index (χ0v) is 17.4. The lowest BCUT2D eigenvalue weighted by Gasteiger charge is -2.39. The molecule has 29 heavy (non-hydrogen) atoms. The molecule has 0 radical (unpaired) electrons. The Morgan fingerprint density at radius 1 is 1.31 bits per heavy atom. The van der Waals surface area contributed by atoms with Crippen LogP contribution < -0.4 is 5.32 Å². The molecule has 2 aliphatic heterocycles. The van der Waals surface area contributed by atoms with Crippen molar-refractivity contribution in [2.24, 2.45) is 4.99 Å². The number of amides is 1. The van der Waals surface area contributed by atoms with E-state index in [0.717, 1.165) is 25.0 Å².